The van der Waals surface area contributed by atoms with Crippen molar-refractivity contribution in [3.8, 4) is 0 Å². The molecule has 2 atom stereocenters. The molecule has 0 heterocycles. The van der Waals surface area contributed by atoms with Crippen LogP contribution in [0.5, 0.6) is 0 Å². The van der Waals surface area contributed by atoms with Gasteiger partial charge >= 0.3 is 0 Å². The first-order chi connectivity index (χ1) is 6.77. The summed E-state index contributed by atoms with van der Waals surface area (Å²) in [4.78, 5) is 11.1. The van der Waals surface area contributed by atoms with E-state index in [2.05, 4.69) is 31.2 Å². The van der Waals surface area contributed by atoms with E-state index in [1.807, 2.05) is 6.07 Å². The molecular weight excluding hydrogens is 172 g/mol. The first kappa shape index (κ1) is 9.45. The van der Waals surface area contributed by atoms with Crippen molar-refractivity contribution in [2.45, 2.75) is 26.2 Å². The molecule has 0 amide bonds. The molecule has 0 bridgehead atoms. The van der Waals surface area contributed by atoms with Crippen LogP contribution in [0.15, 0.2) is 30.3 Å². The van der Waals surface area contributed by atoms with Crippen molar-refractivity contribution in [3.05, 3.63) is 35.9 Å². The van der Waals surface area contributed by atoms with Crippen LogP contribution in [0.25, 0.3) is 0 Å². The van der Waals surface area contributed by atoms with Crippen molar-refractivity contribution < 1.29 is 4.79 Å². The largest absolute Gasteiger partial charge is 0.299 e. The zero-order valence-electron chi connectivity index (χ0n) is 8.57. The quantitative estimate of drug-likeness (QED) is 0.712. The van der Waals surface area contributed by atoms with E-state index in [0.717, 1.165) is 19.3 Å². The van der Waals surface area contributed by atoms with E-state index in [1.165, 1.54) is 5.56 Å². The smallest absolute Gasteiger partial charge is 0.136 e. The van der Waals surface area contributed by atoms with Gasteiger partial charge in [-0.3, -0.25) is 4.79 Å². The fourth-order valence-electron chi connectivity index (χ4n) is 2.07. The van der Waals surface area contributed by atoms with Crippen LogP contribution in [0.1, 0.15) is 25.3 Å². The van der Waals surface area contributed by atoms with Crippen molar-refractivity contribution in [2.24, 2.45) is 11.8 Å². The van der Waals surface area contributed by atoms with E-state index in [9.17, 15) is 4.79 Å². The zero-order valence-corrected chi connectivity index (χ0v) is 8.57. The maximum atomic E-state index is 11.1. The molecule has 0 N–H and O–H groups in total. The molecule has 1 aliphatic carbocycles. The Balaban J connectivity index is 1.81. The van der Waals surface area contributed by atoms with Crippen molar-refractivity contribution in [1.82, 2.24) is 0 Å². The number of carbonyl (C=O) groups excluding carboxylic acids is 1. The molecule has 0 saturated heterocycles. The van der Waals surface area contributed by atoms with Crippen LogP contribution in [0.2, 0.25) is 0 Å². The van der Waals surface area contributed by atoms with Gasteiger partial charge in [-0.05, 0) is 24.3 Å². The van der Waals surface area contributed by atoms with Gasteiger partial charge in [0.05, 0.1) is 0 Å². The minimum atomic E-state index is 0.318. The summed E-state index contributed by atoms with van der Waals surface area (Å²) in [5.41, 5.74) is 1.39. The van der Waals surface area contributed by atoms with Gasteiger partial charge in [-0.25, -0.2) is 0 Å². The van der Waals surface area contributed by atoms with E-state index in [1.54, 1.807) is 0 Å². The topological polar surface area (TPSA) is 17.1 Å². The maximum absolute atomic E-state index is 11.1. The molecule has 1 aliphatic rings. The monoisotopic (exact) mass is 188 g/mol. The predicted octanol–water partition coefficient (Wildman–Crippen LogP) is 2.84. The highest BCUT2D eigenvalue weighted by Gasteiger charge is 2.34. The summed E-state index contributed by atoms with van der Waals surface area (Å²) >= 11 is 0. The van der Waals surface area contributed by atoms with E-state index in [0.29, 0.717) is 17.6 Å². The first-order valence-corrected chi connectivity index (χ1v) is 5.34. The van der Waals surface area contributed by atoms with Crippen LogP contribution in [-0.2, 0) is 11.2 Å². The Morgan fingerprint density at radius 1 is 1.29 bits per heavy atom. The molecular formula is C13H16O. The SMILES string of the molecule is C[C@@H]1C(=O)C[C@@H]1CCc1ccccc1. The third-order valence-corrected chi connectivity index (χ3v) is 3.32. The zero-order chi connectivity index (χ0) is 9.97. The molecule has 1 aromatic rings. The second-order valence-corrected chi connectivity index (χ2v) is 4.24. The standard InChI is InChI=1S/C13H16O/c1-10-12(9-13(10)14)8-7-11-5-3-2-4-6-11/h2-6,10,12H,7-9H2,1H3/t10-,12-/m0/s1. The highest BCUT2D eigenvalue weighted by Crippen LogP contribution is 2.33. The van der Waals surface area contributed by atoms with E-state index in [-0.39, 0.29) is 0 Å². The van der Waals surface area contributed by atoms with Crippen LogP contribution >= 0.6 is 0 Å². The number of Topliss-reactive ketones (excluding diaryl/α,β-unsaturated/α-hetero) is 1. The van der Waals surface area contributed by atoms with Gasteiger partial charge in [0.2, 0.25) is 0 Å². The number of carbonyl (C=O) groups is 1. The molecule has 2 rings (SSSR count). The minimum Gasteiger partial charge on any atom is -0.299 e. The Bertz CT molecular complexity index is 315. The lowest BCUT2D eigenvalue weighted by atomic mass is 9.71. The maximum Gasteiger partial charge on any atom is 0.136 e. The van der Waals surface area contributed by atoms with E-state index < -0.39 is 0 Å². The van der Waals surface area contributed by atoms with Gasteiger partial charge in [0.25, 0.3) is 0 Å². The Labute approximate surface area is 85.1 Å². The van der Waals surface area contributed by atoms with Crippen molar-refractivity contribution >= 4 is 5.78 Å². The third-order valence-electron chi connectivity index (χ3n) is 3.32. The average molecular weight is 188 g/mol. The molecule has 0 aromatic heterocycles. The van der Waals surface area contributed by atoms with Gasteiger partial charge in [-0.2, -0.15) is 0 Å². The summed E-state index contributed by atoms with van der Waals surface area (Å²) in [7, 11) is 0. The van der Waals surface area contributed by atoms with Crippen molar-refractivity contribution in [3.63, 3.8) is 0 Å². The van der Waals surface area contributed by atoms with Crippen LogP contribution in [0.3, 0.4) is 0 Å². The minimum absolute atomic E-state index is 0.318. The second kappa shape index (κ2) is 3.95. The van der Waals surface area contributed by atoms with Crippen LogP contribution in [0.4, 0.5) is 0 Å². The van der Waals surface area contributed by atoms with Crippen LogP contribution in [0, 0.1) is 11.8 Å². The van der Waals surface area contributed by atoms with Gasteiger partial charge in [0, 0.05) is 12.3 Å². The first-order valence-electron chi connectivity index (χ1n) is 5.34. The third kappa shape index (κ3) is 1.87. The number of ketones is 1. The molecule has 0 aliphatic heterocycles. The van der Waals surface area contributed by atoms with Crippen molar-refractivity contribution in [1.29, 1.82) is 0 Å². The molecule has 14 heavy (non-hydrogen) atoms. The fraction of sp³-hybridized carbons (Fsp3) is 0.462. The molecule has 0 unspecified atom stereocenters. The summed E-state index contributed by atoms with van der Waals surface area (Å²) in [6.45, 7) is 2.06. The number of hydrogen-bond acceptors (Lipinski definition) is 1. The predicted molar refractivity (Wildman–Crippen MR) is 57.0 cm³/mol. The van der Waals surface area contributed by atoms with Crippen LogP contribution < -0.4 is 0 Å². The number of hydrogen-bond donors (Lipinski definition) is 0. The lowest BCUT2D eigenvalue weighted by molar-refractivity contribution is -0.133. The highest BCUT2D eigenvalue weighted by molar-refractivity contribution is 5.86. The number of benzene rings is 1. The Hall–Kier alpha value is -1.11. The van der Waals surface area contributed by atoms with E-state index in [4.69, 9.17) is 0 Å². The highest BCUT2D eigenvalue weighted by atomic mass is 16.1. The molecule has 74 valence electrons. The number of rotatable bonds is 3. The van der Waals surface area contributed by atoms with Gasteiger partial charge in [-0.1, -0.05) is 37.3 Å². The Morgan fingerprint density at radius 3 is 2.57 bits per heavy atom. The molecule has 1 aromatic carbocycles. The summed E-state index contributed by atoms with van der Waals surface area (Å²) in [5, 5.41) is 0. The van der Waals surface area contributed by atoms with Gasteiger partial charge < -0.3 is 0 Å². The molecule has 0 radical (unpaired) electrons. The van der Waals surface area contributed by atoms with Crippen LogP contribution in [-0.4, -0.2) is 5.78 Å². The summed E-state index contributed by atoms with van der Waals surface area (Å²) in [6.07, 6.45) is 3.09. The van der Waals surface area contributed by atoms with Gasteiger partial charge in [-0.15, -0.1) is 0 Å². The Kier molecular flexibility index (Phi) is 2.67. The normalized spacial score (nSPS) is 25.9. The molecule has 1 nitrogen and oxygen atoms in total. The summed E-state index contributed by atoms with van der Waals surface area (Å²) < 4.78 is 0. The average Bonchev–Trinajstić information content (AvgIpc) is 2.25. The molecule has 1 heteroatoms. The number of aryl methyl sites for hydroxylation is 1. The molecule has 1 fully saturated rings. The molecule has 1 saturated carbocycles. The summed E-state index contributed by atoms with van der Waals surface area (Å²) in [5.74, 6) is 1.41. The summed E-state index contributed by atoms with van der Waals surface area (Å²) in [6, 6.07) is 10.5. The van der Waals surface area contributed by atoms with Gasteiger partial charge in [0.1, 0.15) is 5.78 Å². The van der Waals surface area contributed by atoms with Gasteiger partial charge in [0.15, 0.2) is 0 Å². The lowest BCUT2D eigenvalue weighted by Crippen LogP contribution is -2.34. The second-order valence-electron chi connectivity index (χ2n) is 4.24. The fourth-order valence-corrected chi connectivity index (χ4v) is 2.07. The lowest BCUT2D eigenvalue weighted by Gasteiger charge is -2.32. The van der Waals surface area contributed by atoms with Crippen molar-refractivity contribution in [2.75, 3.05) is 0 Å². The molecule has 0 spiro atoms. The Morgan fingerprint density at radius 2 is 2.00 bits per heavy atom. The van der Waals surface area contributed by atoms with E-state index >= 15 is 0 Å².